The zero-order valence-electron chi connectivity index (χ0n) is 12.6. The van der Waals surface area contributed by atoms with E-state index in [0.717, 1.165) is 29.1 Å². The van der Waals surface area contributed by atoms with E-state index in [4.69, 9.17) is 5.11 Å². The minimum Gasteiger partial charge on any atom is -0.395 e. The lowest BCUT2D eigenvalue weighted by atomic mass is 9.94. The molecule has 0 spiro atoms. The van der Waals surface area contributed by atoms with Crippen LogP contribution in [0.4, 0.5) is 0 Å². The second-order valence-electron chi connectivity index (χ2n) is 5.32. The third kappa shape index (κ3) is 4.33. The van der Waals surface area contributed by atoms with Gasteiger partial charge in [-0.15, -0.1) is 11.3 Å². The van der Waals surface area contributed by atoms with Crippen molar-refractivity contribution < 1.29 is 9.90 Å². The van der Waals surface area contributed by atoms with E-state index in [1.54, 1.807) is 0 Å². The first kappa shape index (κ1) is 16.1. The van der Waals surface area contributed by atoms with Crippen molar-refractivity contribution >= 4 is 17.2 Å². The SMILES string of the molecule is CCN(C(=O)c1ccc(C#CCCO)s1)C1CCCCC1. The highest BCUT2D eigenvalue weighted by Gasteiger charge is 2.25. The normalized spacial score (nSPS) is 15.3. The first-order valence-electron chi connectivity index (χ1n) is 7.76. The minimum absolute atomic E-state index is 0.0788. The molecule has 1 saturated carbocycles. The number of carbonyl (C=O) groups is 1. The molecule has 0 bridgehead atoms. The smallest absolute Gasteiger partial charge is 0.264 e. The summed E-state index contributed by atoms with van der Waals surface area (Å²) in [5.41, 5.74) is 0. The Bertz CT molecular complexity index is 520. The molecule has 1 aromatic heterocycles. The summed E-state index contributed by atoms with van der Waals surface area (Å²) in [5.74, 6) is 6.03. The molecule has 0 aromatic carbocycles. The van der Waals surface area contributed by atoms with Crippen LogP contribution in [0, 0.1) is 11.8 Å². The van der Waals surface area contributed by atoms with Gasteiger partial charge in [0.2, 0.25) is 0 Å². The van der Waals surface area contributed by atoms with Crippen LogP contribution in [-0.2, 0) is 0 Å². The molecule has 1 heterocycles. The molecule has 1 aliphatic carbocycles. The van der Waals surface area contributed by atoms with E-state index < -0.39 is 0 Å². The Morgan fingerprint density at radius 1 is 1.38 bits per heavy atom. The van der Waals surface area contributed by atoms with Crippen molar-refractivity contribution in [2.24, 2.45) is 0 Å². The van der Waals surface area contributed by atoms with Gasteiger partial charge in [0.1, 0.15) is 0 Å². The first-order valence-corrected chi connectivity index (χ1v) is 8.58. The summed E-state index contributed by atoms with van der Waals surface area (Å²) in [4.78, 5) is 16.4. The zero-order chi connectivity index (χ0) is 15.1. The molecule has 0 saturated heterocycles. The van der Waals surface area contributed by atoms with Crippen molar-refractivity contribution in [1.29, 1.82) is 0 Å². The van der Waals surface area contributed by atoms with Crippen LogP contribution in [0.5, 0.6) is 0 Å². The Kier molecular flexibility index (Phi) is 6.28. The Morgan fingerprint density at radius 3 is 2.81 bits per heavy atom. The van der Waals surface area contributed by atoms with E-state index in [2.05, 4.69) is 18.8 Å². The highest BCUT2D eigenvalue weighted by atomic mass is 32.1. The molecule has 21 heavy (non-hydrogen) atoms. The maximum atomic E-state index is 12.7. The number of rotatable bonds is 4. The topological polar surface area (TPSA) is 40.5 Å². The second-order valence-corrected chi connectivity index (χ2v) is 6.41. The van der Waals surface area contributed by atoms with Crippen molar-refractivity contribution in [3.63, 3.8) is 0 Å². The van der Waals surface area contributed by atoms with Crippen LogP contribution in [0.15, 0.2) is 12.1 Å². The van der Waals surface area contributed by atoms with Crippen LogP contribution < -0.4 is 0 Å². The molecule has 3 nitrogen and oxygen atoms in total. The first-order chi connectivity index (χ1) is 10.3. The third-order valence-corrected chi connectivity index (χ3v) is 4.87. The Hall–Kier alpha value is -1.31. The largest absolute Gasteiger partial charge is 0.395 e. The summed E-state index contributed by atoms with van der Waals surface area (Å²) in [6.07, 6.45) is 6.51. The van der Waals surface area contributed by atoms with Gasteiger partial charge in [-0.3, -0.25) is 4.79 Å². The van der Waals surface area contributed by atoms with E-state index >= 15 is 0 Å². The molecule has 0 radical (unpaired) electrons. The average Bonchev–Trinajstić information content (AvgIpc) is 2.98. The van der Waals surface area contributed by atoms with Crippen molar-refractivity contribution in [3.8, 4) is 11.8 Å². The number of nitrogens with zero attached hydrogens (tertiary/aromatic N) is 1. The highest BCUT2D eigenvalue weighted by Crippen LogP contribution is 2.25. The number of amides is 1. The quantitative estimate of drug-likeness (QED) is 0.867. The van der Waals surface area contributed by atoms with E-state index in [-0.39, 0.29) is 12.5 Å². The van der Waals surface area contributed by atoms with Crippen molar-refractivity contribution in [3.05, 3.63) is 21.9 Å². The predicted octanol–water partition coefficient (Wildman–Crippen LogP) is 3.28. The van der Waals surface area contributed by atoms with Gasteiger partial charge in [-0.25, -0.2) is 0 Å². The number of hydrogen-bond acceptors (Lipinski definition) is 3. The van der Waals surface area contributed by atoms with Crippen molar-refractivity contribution in [1.82, 2.24) is 4.90 Å². The highest BCUT2D eigenvalue weighted by molar-refractivity contribution is 7.14. The van der Waals surface area contributed by atoms with Gasteiger partial charge in [0.15, 0.2) is 0 Å². The average molecular weight is 305 g/mol. The summed E-state index contributed by atoms with van der Waals surface area (Å²) in [5, 5.41) is 8.73. The van der Waals surface area contributed by atoms with Crippen molar-refractivity contribution in [2.75, 3.05) is 13.2 Å². The molecule has 1 aliphatic rings. The van der Waals surface area contributed by atoms with Gasteiger partial charge in [0, 0.05) is 19.0 Å². The molecule has 0 unspecified atom stereocenters. The molecular weight excluding hydrogens is 282 g/mol. The fraction of sp³-hybridized carbons (Fsp3) is 0.588. The fourth-order valence-electron chi connectivity index (χ4n) is 2.83. The Morgan fingerprint density at radius 2 is 2.14 bits per heavy atom. The van der Waals surface area contributed by atoms with Crippen LogP contribution >= 0.6 is 11.3 Å². The second kappa shape index (κ2) is 8.21. The molecule has 1 N–H and O–H groups in total. The molecule has 1 fully saturated rings. The summed E-state index contributed by atoms with van der Waals surface area (Å²) in [6.45, 7) is 2.91. The van der Waals surface area contributed by atoms with Gasteiger partial charge in [-0.1, -0.05) is 31.1 Å². The van der Waals surface area contributed by atoms with Gasteiger partial charge in [-0.2, -0.15) is 0 Å². The molecule has 1 aromatic rings. The van der Waals surface area contributed by atoms with Gasteiger partial charge in [0.25, 0.3) is 5.91 Å². The number of thiophene rings is 1. The minimum atomic E-state index is 0.0788. The monoisotopic (exact) mass is 305 g/mol. The van der Waals surface area contributed by atoms with E-state index in [9.17, 15) is 4.79 Å². The number of hydrogen-bond donors (Lipinski definition) is 1. The number of carbonyl (C=O) groups excluding carboxylic acids is 1. The standard InChI is InChI=1S/C17H23NO2S/c1-2-18(14-8-4-3-5-9-14)17(20)16-12-11-15(21-16)10-6-7-13-19/h11-12,14,19H,2-5,7-9,13H2,1H3. The van der Waals surface area contributed by atoms with E-state index in [0.29, 0.717) is 12.5 Å². The van der Waals surface area contributed by atoms with E-state index in [1.165, 1.54) is 30.6 Å². The Balaban J connectivity index is 2.05. The zero-order valence-corrected chi connectivity index (χ0v) is 13.4. The molecular formula is C17H23NO2S. The fourth-order valence-corrected chi connectivity index (χ4v) is 3.66. The molecule has 0 atom stereocenters. The lowest BCUT2D eigenvalue weighted by molar-refractivity contribution is 0.0653. The van der Waals surface area contributed by atoms with Crippen LogP contribution in [0.2, 0.25) is 0 Å². The number of aliphatic hydroxyl groups is 1. The molecule has 0 aliphatic heterocycles. The van der Waals surface area contributed by atoms with Gasteiger partial charge in [0.05, 0.1) is 16.4 Å². The summed E-state index contributed by atoms with van der Waals surface area (Å²) in [6, 6.07) is 4.18. The summed E-state index contributed by atoms with van der Waals surface area (Å²) >= 11 is 1.45. The van der Waals surface area contributed by atoms with Gasteiger partial charge < -0.3 is 10.0 Å². The Labute approximate surface area is 131 Å². The van der Waals surface area contributed by atoms with Crippen LogP contribution in [0.1, 0.15) is 60.0 Å². The maximum absolute atomic E-state index is 12.7. The molecule has 1 amide bonds. The van der Waals surface area contributed by atoms with E-state index in [1.807, 2.05) is 17.0 Å². The van der Waals surface area contributed by atoms with Crippen LogP contribution in [0.25, 0.3) is 0 Å². The lowest BCUT2D eigenvalue weighted by Gasteiger charge is -2.33. The predicted molar refractivity (Wildman–Crippen MR) is 86.5 cm³/mol. The molecule has 2 rings (SSSR count). The van der Waals surface area contributed by atoms with Crippen molar-refractivity contribution in [2.45, 2.75) is 51.5 Å². The van der Waals surface area contributed by atoms with Crippen LogP contribution in [0.3, 0.4) is 0 Å². The van der Waals surface area contributed by atoms with Crippen LogP contribution in [-0.4, -0.2) is 35.1 Å². The molecule has 4 heteroatoms. The van der Waals surface area contributed by atoms with Gasteiger partial charge >= 0.3 is 0 Å². The summed E-state index contributed by atoms with van der Waals surface area (Å²) in [7, 11) is 0. The maximum Gasteiger partial charge on any atom is 0.264 e. The third-order valence-electron chi connectivity index (χ3n) is 3.88. The lowest BCUT2D eigenvalue weighted by Crippen LogP contribution is -2.40. The number of aliphatic hydroxyl groups excluding tert-OH is 1. The summed E-state index contributed by atoms with van der Waals surface area (Å²) < 4.78 is 0. The molecule has 114 valence electrons. The van der Waals surface area contributed by atoms with Gasteiger partial charge in [-0.05, 0) is 31.9 Å².